The van der Waals surface area contributed by atoms with Crippen molar-refractivity contribution in [3.63, 3.8) is 0 Å². The fraction of sp³-hybridized carbons (Fsp3) is 0.273. The zero-order valence-electron chi connectivity index (χ0n) is 8.25. The molecule has 0 bridgehead atoms. The number of nitrogens with zero attached hydrogens (tertiary/aromatic N) is 1. The van der Waals surface area contributed by atoms with Crippen molar-refractivity contribution in [2.24, 2.45) is 7.05 Å². The van der Waals surface area contributed by atoms with Crippen LogP contribution >= 0.6 is 11.6 Å². The van der Waals surface area contributed by atoms with Gasteiger partial charge in [0.25, 0.3) is 0 Å². The van der Waals surface area contributed by atoms with E-state index < -0.39 is 0 Å². The zero-order chi connectivity index (χ0) is 10.1. The second-order valence-corrected chi connectivity index (χ2v) is 3.74. The fourth-order valence-electron chi connectivity index (χ4n) is 1.76. The molecule has 0 aliphatic carbocycles. The van der Waals surface area contributed by atoms with E-state index in [0.717, 1.165) is 21.5 Å². The Kier molecular flexibility index (Phi) is 2.48. The van der Waals surface area contributed by atoms with Crippen molar-refractivity contribution in [1.29, 1.82) is 0 Å². The molecule has 1 heterocycles. The number of fused-ring (bicyclic) bond motifs is 1. The van der Waals surface area contributed by atoms with Crippen LogP contribution in [-0.4, -0.2) is 11.7 Å². The first-order valence-electron chi connectivity index (χ1n) is 4.45. The Morgan fingerprint density at radius 1 is 1.43 bits per heavy atom. The Hall–Kier alpha value is -0.990. The number of hydrogen-bond acceptors (Lipinski definition) is 1. The number of aryl methyl sites for hydroxylation is 1. The normalized spacial score (nSPS) is 11.1. The molecule has 0 spiro atoms. The van der Waals surface area contributed by atoms with Crippen LogP contribution in [0.3, 0.4) is 0 Å². The maximum absolute atomic E-state index is 6.14. The van der Waals surface area contributed by atoms with Crippen LogP contribution < -0.4 is 0 Å². The summed E-state index contributed by atoms with van der Waals surface area (Å²) in [5.74, 6) is 0. The fourth-order valence-corrected chi connectivity index (χ4v) is 2.05. The van der Waals surface area contributed by atoms with Gasteiger partial charge in [-0.2, -0.15) is 0 Å². The first-order chi connectivity index (χ1) is 6.74. The molecule has 0 amide bonds. The van der Waals surface area contributed by atoms with Crippen LogP contribution in [0.1, 0.15) is 5.56 Å². The highest BCUT2D eigenvalue weighted by molar-refractivity contribution is 6.35. The summed E-state index contributed by atoms with van der Waals surface area (Å²) in [6.07, 6.45) is 2.06. The molecule has 0 fully saturated rings. The van der Waals surface area contributed by atoms with Gasteiger partial charge in [-0.25, -0.2) is 0 Å². The summed E-state index contributed by atoms with van der Waals surface area (Å²) in [6.45, 7) is 0.598. The number of benzene rings is 1. The zero-order valence-corrected chi connectivity index (χ0v) is 9.01. The van der Waals surface area contributed by atoms with E-state index in [1.807, 2.05) is 19.2 Å². The van der Waals surface area contributed by atoms with E-state index >= 15 is 0 Å². The minimum atomic E-state index is 0.598. The Morgan fingerprint density at radius 2 is 2.21 bits per heavy atom. The lowest BCUT2D eigenvalue weighted by Crippen LogP contribution is -1.85. The van der Waals surface area contributed by atoms with Crippen LogP contribution in [0, 0.1) is 0 Å². The molecule has 74 valence electrons. The molecule has 0 unspecified atom stereocenters. The number of aromatic nitrogens is 1. The Labute approximate surface area is 88.0 Å². The second kappa shape index (κ2) is 3.64. The van der Waals surface area contributed by atoms with Gasteiger partial charge in [0.2, 0.25) is 0 Å². The first kappa shape index (κ1) is 9.56. The molecule has 14 heavy (non-hydrogen) atoms. The molecule has 1 aromatic carbocycles. The predicted octanol–water partition coefficient (Wildman–Crippen LogP) is 2.98. The van der Waals surface area contributed by atoms with E-state index in [2.05, 4.69) is 16.8 Å². The SMILES string of the molecule is COCc1cn(C)c2cccc(Cl)c12. The summed E-state index contributed by atoms with van der Waals surface area (Å²) in [6, 6.07) is 5.92. The van der Waals surface area contributed by atoms with Crippen molar-refractivity contribution < 1.29 is 4.74 Å². The third-order valence-electron chi connectivity index (χ3n) is 2.34. The van der Waals surface area contributed by atoms with Gasteiger partial charge in [0.05, 0.1) is 11.6 Å². The van der Waals surface area contributed by atoms with Crippen molar-refractivity contribution in [3.05, 3.63) is 35.0 Å². The molecule has 0 aliphatic rings. The molecule has 0 N–H and O–H groups in total. The maximum Gasteiger partial charge on any atom is 0.0734 e. The molecule has 3 heteroatoms. The number of rotatable bonds is 2. The highest BCUT2D eigenvalue weighted by Crippen LogP contribution is 2.28. The lowest BCUT2D eigenvalue weighted by atomic mass is 10.2. The van der Waals surface area contributed by atoms with Crippen LogP contribution in [0.25, 0.3) is 10.9 Å². The molecule has 0 saturated carbocycles. The molecule has 0 radical (unpaired) electrons. The Balaban J connectivity index is 2.72. The summed E-state index contributed by atoms with van der Waals surface area (Å²) in [7, 11) is 3.70. The van der Waals surface area contributed by atoms with Crippen molar-refractivity contribution in [2.75, 3.05) is 7.11 Å². The van der Waals surface area contributed by atoms with Crippen LogP contribution in [-0.2, 0) is 18.4 Å². The number of hydrogen-bond donors (Lipinski definition) is 0. The van der Waals surface area contributed by atoms with E-state index in [-0.39, 0.29) is 0 Å². The lowest BCUT2D eigenvalue weighted by Gasteiger charge is -1.98. The standard InChI is InChI=1S/C11H12ClNO/c1-13-6-8(7-14-2)11-9(12)4-3-5-10(11)13/h3-6H,7H2,1-2H3. The summed E-state index contributed by atoms with van der Waals surface area (Å²) in [5, 5.41) is 1.88. The third-order valence-corrected chi connectivity index (χ3v) is 2.66. The number of methoxy groups -OCH3 is 1. The summed E-state index contributed by atoms with van der Waals surface area (Å²) < 4.78 is 7.20. The van der Waals surface area contributed by atoms with E-state index in [4.69, 9.17) is 16.3 Å². The lowest BCUT2D eigenvalue weighted by molar-refractivity contribution is 0.186. The van der Waals surface area contributed by atoms with E-state index in [1.54, 1.807) is 7.11 Å². The molecule has 0 saturated heterocycles. The van der Waals surface area contributed by atoms with Gasteiger partial charge in [0.15, 0.2) is 0 Å². The molecule has 0 atom stereocenters. The van der Waals surface area contributed by atoms with Crippen LogP contribution in [0.4, 0.5) is 0 Å². The minimum absolute atomic E-state index is 0.598. The topological polar surface area (TPSA) is 14.2 Å². The van der Waals surface area contributed by atoms with Crippen LogP contribution in [0.2, 0.25) is 5.02 Å². The van der Waals surface area contributed by atoms with Crippen molar-refractivity contribution >= 4 is 22.5 Å². The quantitative estimate of drug-likeness (QED) is 0.742. The largest absolute Gasteiger partial charge is 0.380 e. The first-order valence-corrected chi connectivity index (χ1v) is 4.83. The molecule has 2 rings (SSSR count). The molecule has 2 nitrogen and oxygen atoms in total. The number of halogens is 1. The van der Waals surface area contributed by atoms with Crippen LogP contribution in [0.15, 0.2) is 24.4 Å². The van der Waals surface area contributed by atoms with Crippen molar-refractivity contribution in [3.8, 4) is 0 Å². The molecule has 0 aliphatic heterocycles. The summed E-state index contributed by atoms with van der Waals surface area (Å²) >= 11 is 6.14. The average Bonchev–Trinajstić information content (AvgIpc) is 2.46. The van der Waals surface area contributed by atoms with Gasteiger partial charge < -0.3 is 9.30 Å². The Bertz CT molecular complexity index is 462. The van der Waals surface area contributed by atoms with Crippen LogP contribution in [0.5, 0.6) is 0 Å². The number of ether oxygens (including phenoxy) is 1. The van der Waals surface area contributed by atoms with Gasteiger partial charge in [-0.15, -0.1) is 0 Å². The monoisotopic (exact) mass is 209 g/mol. The van der Waals surface area contributed by atoms with Gasteiger partial charge in [-0.05, 0) is 12.1 Å². The van der Waals surface area contributed by atoms with E-state index in [0.29, 0.717) is 6.61 Å². The highest BCUT2D eigenvalue weighted by atomic mass is 35.5. The highest BCUT2D eigenvalue weighted by Gasteiger charge is 2.08. The van der Waals surface area contributed by atoms with E-state index in [9.17, 15) is 0 Å². The third kappa shape index (κ3) is 1.41. The predicted molar refractivity (Wildman–Crippen MR) is 58.6 cm³/mol. The smallest absolute Gasteiger partial charge is 0.0734 e. The van der Waals surface area contributed by atoms with Gasteiger partial charge in [0, 0.05) is 36.8 Å². The Morgan fingerprint density at radius 3 is 2.93 bits per heavy atom. The van der Waals surface area contributed by atoms with Crippen molar-refractivity contribution in [2.45, 2.75) is 6.61 Å². The minimum Gasteiger partial charge on any atom is -0.380 e. The average molecular weight is 210 g/mol. The second-order valence-electron chi connectivity index (χ2n) is 3.33. The summed E-state index contributed by atoms with van der Waals surface area (Å²) in [5.41, 5.74) is 2.28. The van der Waals surface area contributed by atoms with Gasteiger partial charge in [-0.3, -0.25) is 0 Å². The van der Waals surface area contributed by atoms with Gasteiger partial charge >= 0.3 is 0 Å². The molecule has 1 aromatic heterocycles. The van der Waals surface area contributed by atoms with Gasteiger partial charge in [-0.1, -0.05) is 17.7 Å². The molecular weight excluding hydrogens is 198 g/mol. The molecular formula is C11H12ClNO. The van der Waals surface area contributed by atoms with Crippen molar-refractivity contribution in [1.82, 2.24) is 4.57 Å². The maximum atomic E-state index is 6.14. The summed E-state index contributed by atoms with van der Waals surface area (Å²) in [4.78, 5) is 0. The van der Waals surface area contributed by atoms with E-state index in [1.165, 1.54) is 0 Å². The molecule has 2 aromatic rings. The van der Waals surface area contributed by atoms with Gasteiger partial charge in [0.1, 0.15) is 0 Å².